The Labute approximate surface area is 180 Å². The summed E-state index contributed by atoms with van der Waals surface area (Å²) in [5.41, 5.74) is 6.23. The second-order valence-electron chi connectivity index (χ2n) is 7.50. The first-order valence-electron chi connectivity index (χ1n) is 10.8. The van der Waals surface area contributed by atoms with Crippen LogP contribution in [0.4, 0.5) is 0 Å². The number of nitrogens with two attached hydrogens (primary N) is 1. The van der Waals surface area contributed by atoms with Crippen molar-refractivity contribution < 1.29 is 19.1 Å². The first-order valence-corrected chi connectivity index (χ1v) is 12.5. The summed E-state index contributed by atoms with van der Waals surface area (Å²) >= 11 is 0. The van der Waals surface area contributed by atoms with Gasteiger partial charge in [-0.25, -0.2) is 0 Å². The van der Waals surface area contributed by atoms with Gasteiger partial charge >= 0.3 is 7.60 Å². The fourth-order valence-electron chi connectivity index (χ4n) is 3.21. The molecule has 0 aliphatic heterocycles. The van der Waals surface area contributed by atoms with Crippen LogP contribution in [0.5, 0.6) is 0 Å². The fourth-order valence-corrected chi connectivity index (χ4v) is 4.06. The number of amides is 1. The molecule has 0 bridgehead atoms. The van der Waals surface area contributed by atoms with Crippen molar-refractivity contribution in [1.29, 1.82) is 0 Å². The number of primary amides is 1. The van der Waals surface area contributed by atoms with E-state index in [1.807, 2.05) is 12.1 Å². The highest BCUT2D eigenvalue weighted by Crippen LogP contribution is 2.43. The number of carbonyl (C=O) groups excluding carboxylic acids is 1. The molecule has 2 aromatic carbocycles. The van der Waals surface area contributed by atoms with E-state index in [2.05, 4.69) is 55.5 Å². The average molecular weight is 434 g/mol. The third-order valence-corrected chi connectivity index (χ3v) is 6.27. The fraction of sp³-hybridized carbons (Fsp3) is 0.458. The van der Waals surface area contributed by atoms with Crippen molar-refractivity contribution in [3.8, 4) is 11.1 Å². The first kappa shape index (κ1) is 26.1. The van der Waals surface area contributed by atoms with Crippen LogP contribution in [0.15, 0.2) is 60.7 Å². The molecule has 1 atom stereocenters. The number of hydrogen-bond donors (Lipinski definition) is 3. The van der Waals surface area contributed by atoms with E-state index in [1.165, 1.54) is 36.8 Å². The van der Waals surface area contributed by atoms with Crippen LogP contribution in [0.25, 0.3) is 11.1 Å². The lowest BCUT2D eigenvalue weighted by molar-refractivity contribution is -0.118. The second kappa shape index (κ2) is 15.0. The summed E-state index contributed by atoms with van der Waals surface area (Å²) in [4.78, 5) is 28.8. The highest BCUT2D eigenvalue weighted by atomic mass is 31.2. The molecule has 5 nitrogen and oxygen atoms in total. The maximum Gasteiger partial charge on any atom is 0.337 e. The standard InChI is InChI=1S/C12H26NO4P.C12H10/c1-2-3-4-5-6-7-8-9-10-11(12(13)14)18(15,16)17;1-3-7-11(8-4-1)12-9-5-2-6-10-12/h11H,2-10H2,1H3,(H2,13,14)(H2,15,16,17);1-10H. The zero-order chi connectivity index (χ0) is 22.2. The highest BCUT2D eigenvalue weighted by molar-refractivity contribution is 7.53. The summed E-state index contributed by atoms with van der Waals surface area (Å²) in [6.45, 7) is 2.17. The van der Waals surface area contributed by atoms with Gasteiger partial charge in [0.1, 0.15) is 5.66 Å². The summed E-state index contributed by atoms with van der Waals surface area (Å²) in [6, 6.07) is 20.8. The van der Waals surface area contributed by atoms with Gasteiger partial charge in [-0.15, -0.1) is 0 Å². The minimum absolute atomic E-state index is 0.189. The van der Waals surface area contributed by atoms with Crippen LogP contribution in [0, 0.1) is 0 Å². The number of carbonyl (C=O) groups is 1. The van der Waals surface area contributed by atoms with Crippen LogP contribution in [-0.2, 0) is 9.36 Å². The lowest BCUT2D eigenvalue weighted by atomic mass is 10.1. The van der Waals surface area contributed by atoms with Crippen molar-refractivity contribution in [3.05, 3.63) is 60.7 Å². The summed E-state index contributed by atoms with van der Waals surface area (Å²) in [6.07, 6.45) is 8.89. The Hall–Kier alpha value is -1.94. The van der Waals surface area contributed by atoms with Crippen LogP contribution >= 0.6 is 7.60 Å². The Morgan fingerprint density at radius 3 is 1.57 bits per heavy atom. The second-order valence-corrected chi connectivity index (χ2v) is 9.30. The van der Waals surface area contributed by atoms with E-state index in [-0.39, 0.29) is 6.42 Å². The van der Waals surface area contributed by atoms with Crippen molar-refractivity contribution in [2.45, 2.75) is 70.4 Å². The van der Waals surface area contributed by atoms with Crippen LogP contribution in [-0.4, -0.2) is 21.4 Å². The van der Waals surface area contributed by atoms with Gasteiger partial charge in [0, 0.05) is 0 Å². The molecule has 30 heavy (non-hydrogen) atoms. The molecule has 0 spiro atoms. The van der Waals surface area contributed by atoms with Crippen molar-refractivity contribution >= 4 is 13.5 Å². The quantitative estimate of drug-likeness (QED) is 0.286. The van der Waals surface area contributed by atoms with Crippen LogP contribution < -0.4 is 5.73 Å². The van der Waals surface area contributed by atoms with E-state index in [1.54, 1.807) is 0 Å². The number of rotatable bonds is 12. The normalized spacial score (nSPS) is 12.0. The van der Waals surface area contributed by atoms with Gasteiger partial charge in [0.25, 0.3) is 0 Å². The molecule has 0 radical (unpaired) electrons. The summed E-state index contributed by atoms with van der Waals surface area (Å²) in [7, 11) is -4.38. The molecule has 1 unspecified atom stereocenters. The summed E-state index contributed by atoms with van der Waals surface area (Å²) in [5, 5.41) is 0. The monoisotopic (exact) mass is 433 g/mol. The third-order valence-electron chi connectivity index (χ3n) is 4.95. The van der Waals surface area contributed by atoms with Gasteiger partial charge in [-0.05, 0) is 17.5 Å². The molecular formula is C24H36NO4P. The van der Waals surface area contributed by atoms with E-state index >= 15 is 0 Å². The Kier molecular flexibility index (Phi) is 13.0. The summed E-state index contributed by atoms with van der Waals surface area (Å²) < 4.78 is 11.0. The molecule has 0 heterocycles. The van der Waals surface area contributed by atoms with E-state index in [4.69, 9.17) is 15.5 Å². The van der Waals surface area contributed by atoms with Gasteiger partial charge < -0.3 is 15.5 Å². The zero-order valence-electron chi connectivity index (χ0n) is 18.0. The van der Waals surface area contributed by atoms with E-state index in [9.17, 15) is 9.36 Å². The Morgan fingerprint density at radius 1 is 0.800 bits per heavy atom. The lowest BCUT2D eigenvalue weighted by Crippen LogP contribution is -2.28. The van der Waals surface area contributed by atoms with Crippen LogP contribution in [0.1, 0.15) is 64.7 Å². The van der Waals surface area contributed by atoms with Gasteiger partial charge in [-0.3, -0.25) is 9.36 Å². The van der Waals surface area contributed by atoms with Gasteiger partial charge in [-0.1, -0.05) is 119 Å². The smallest absolute Gasteiger partial charge is 0.337 e. The molecule has 0 aliphatic carbocycles. The predicted octanol–water partition coefficient (Wildman–Crippen LogP) is 5.90. The molecule has 4 N–H and O–H groups in total. The van der Waals surface area contributed by atoms with Crippen LogP contribution in [0.2, 0.25) is 0 Å². The molecule has 1 amide bonds. The SMILES string of the molecule is CCCCCCCCCCC(C(N)=O)P(=O)(O)O.c1ccc(-c2ccccc2)cc1. The molecular weight excluding hydrogens is 397 g/mol. The molecule has 0 aliphatic rings. The van der Waals surface area contributed by atoms with E-state index < -0.39 is 19.2 Å². The minimum atomic E-state index is -4.38. The molecule has 6 heteroatoms. The van der Waals surface area contributed by atoms with E-state index in [0.717, 1.165) is 19.3 Å². The molecule has 0 aromatic heterocycles. The van der Waals surface area contributed by atoms with Gasteiger partial charge in [0.2, 0.25) is 5.91 Å². The molecule has 2 aromatic rings. The first-order chi connectivity index (χ1) is 14.4. The highest BCUT2D eigenvalue weighted by Gasteiger charge is 2.33. The van der Waals surface area contributed by atoms with Gasteiger partial charge in [0.05, 0.1) is 0 Å². The maximum absolute atomic E-state index is 11.0. The lowest BCUT2D eigenvalue weighted by Gasteiger charge is -2.14. The van der Waals surface area contributed by atoms with Gasteiger partial charge in [0.15, 0.2) is 0 Å². The largest absolute Gasteiger partial charge is 0.369 e. The molecule has 0 saturated heterocycles. The average Bonchev–Trinajstić information content (AvgIpc) is 2.73. The third kappa shape index (κ3) is 11.3. The van der Waals surface area contributed by atoms with Gasteiger partial charge in [-0.2, -0.15) is 0 Å². The van der Waals surface area contributed by atoms with Crippen molar-refractivity contribution in [1.82, 2.24) is 0 Å². The summed E-state index contributed by atoms with van der Waals surface area (Å²) in [5.74, 6) is -0.897. The maximum atomic E-state index is 11.0. The minimum Gasteiger partial charge on any atom is -0.369 e. The van der Waals surface area contributed by atoms with Crippen LogP contribution in [0.3, 0.4) is 0 Å². The van der Waals surface area contributed by atoms with Crippen molar-refractivity contribution in [3.63, 3.8) is 0 Å². The Morgan fingerprint density at radius 2 is 1.20 bits per heavy atom. The molecule has 166 valence electrons. The number of benzene rings is 2. The van der Waals surface area contributed by atoms with Crippen molar-refractivity contribution in [2.24, 2.45) is 5.73 Å². The molecule has 2 rings (SSSR count). The Bertz CT molecular complexity index is 709. The van der Waals surface area contributed by atoms with E-state index in [0.29, 0.717) is 6.42 Å². The number of hydrogen-bond acceptors (Lipinski definition) is 2. The predicted molar refractivity (Wildman–Crippen MR) is 124 cm³/mol. The zero-order valence-corrected chi connectivity index (χ0v) is 18.8. The topological polar surface area (TPSA) is 101 Å². The molecule has 0 saturated carbocycles. The van der Waals surface area contributed by atoms with Crippen molar-refractivity contribution in [2.75, 3.05) is 0 Å². The molecule has 0 fully saturated rings. The Balaban J connectivity index is 0.000000321. The number of unbranched alkanes of at least 4 members (excludes halogenated alkanes) is 7.